The lowest BCUT2D eigenvalue weighted by molar-refractivity contribution is -0.139. The van der Waals surface area contributed by atoms with Crippen LogP contribution in [0.5, 0.6) is 5.75 Å². The molecule has 160 valence electrons. The summed E-state index contributed by atoms with van der Waals surface area (Å²) < 4.78 is 5.22. The summed E-state index contributed by atoms with van der Waals surface area (Å²) in [6.07, 6.45) is 4.39. The summed E-state index contributed by atoms with van der Waals surface area (Å²) >= 11 is 1.72. The van der Waals surface area contributed by atoms with Gasteiger partial charge >= 0.3 is 11.8 Å². The number of benzene rings is 1. The van der Waals surface area contributed by atoms with Gasteiger partial charge in [-0.1, -0.05) is 37.1 Å². The van der Waals surface area contributed by atoms with Crippen molar-refractivity contribution in [3.05, 3.63) is 52.2 Å². The van der Waals surface area contributed by atoms with Gasteiger partial charge in [-0.25, -0.2) is 0 Å². The third kappa shape index (κ3) is 5.38. The van der Waals surface area contributed by atoms with E-state index >= 15 is 0 Å². The lowest BCUT2D eigenvalue weighted by Crippen LogP contribution is -2.46. The largest absolute Gasteiger partial charge is 0.496 e. The highest BCUT2D eigenvalue weighted by Crippen LogP contribution is 2.42. The Bertz CT molecular complexity index is 876. The lowest BCUT2D eigenvalue weighted by atomic mass is 9.84. The number of thiophene rings is 1. The van der Waals surface area contributed by atoms with E-state index in [-0.39, 0.29) is 24.4 Å². The van der Waals surface area contributed by atoms with Crippen LogP contribution >= 0.6 is 11.3 Å². The fraction of sp³-hybridized carbons (Fsp3) is 0.409. The molecule has 30 heavy (non-hydrogen) atoms. The minimum absolute atomic E-state index is 0.0139. The van der Waals surface area contributed by atoms with Crippen LogP contribution in [0, 0.1) is 0 Å². The zero-order chi connectivity index (χ0) is 21.4. The van der Waals surface area contributed by atoms with Crippen LogP contribution in [0.4, 0.5) is 0 Å². The van der Waals surface area contributed by atoms with Gasteiger partial charge in [0.2, 0.25) is 5.91 Å². The van der Waals surface area contributed by atoms with Crippen molar-refractivity contribution in [2.24, 2.45) is 0 Å². The van der Waals surface area contributed by atoms with Crippen molar-refractivity contribution < 1.29 is 19.1 Å². The number of carbonyl (C=O) groups is 3. The number of hydrogen-bond donors (Lipinski definition) is 3. The molecule has 1 fully saturated rings. The molecule has 8 heteroatoms. The van der Waals surface area contributed by atoms with E-state index < -0.39 is 11.8 Å². The molecule has 3 rings (SSSR count). The SMILES string of the molecule is COc1ccccc1CNC(=O)C(=O)NCC(=O)NCC1(c2cccs2)CCCC1. The lowest BCUT2D eigenvalue weighted by Gasteiger charge is -2.28. The van der Waals surface area contributed by atoms with Crippen LogP contribution in [-0.2, 0) is 26.3 Å². The van der Waals surface area contributed by atoms with Crippen molar-refractivity contribution in [2.75, 3.05) is 20.2 Å². The Balaban J connectivity index is 1.42. The highest BCUT2D eigenvalue weighted by molar-refractivity contribution is 7.10. The first-order chi connectivity index (χ1) is 14.5. The van der Waals surface area contributed by atoms with Gasteiger partial charge in [0.05, 0.1) is 13.7 Å². The van der Waals surface area contributed by atoms with Gasteiger partial charge in [-0.3, -0.25) is 14.4 Å². The van der Waals surface area contributed by atoms with Gasteiger partial charge in [-0.05, 0) is 30.4 Å². The molecule has 3 N–H and O–H groups in total. The first-order valence-electron chi connectivity index (χ1n) is 10.0. The van der Waals surface area contributed by atoms with Crippen molar-refractivity contribution >= 4 is 29.1 Å². The molecule has 0 bridgehead atoms. The van der Waals surface area contributed by atoms with Crippen LogP contribution in [-0.4, -0.2) is 37.9 Å². The van der Waals surface area contributed by atoms with Crippen LogP contribution in [0.3, 0.4) is 0 Å². The smallest absolute Gasteiger partial charge is 0.309 e. The molecule has 1 heterocycles. The number of carbonyl (C=O) groups excluding carboxylic acids is 3. The van der Waals surface area contributed by atoms with Gasteiger partial charge in [0.25, 0.3) is 0 Å². The Morgan fingerprint density at radius 2 is 1.73 bits per heavy atom. The minimum atomic E-state index is -0.839. The van der Waals surface area contributed by atoms with Crippen molar-refractivity contribution in [1.29, 1.82) is 0 Å². The number of ether oxygens (including phenoxy) is 1. The number of hydrogen-bond acceptors (Lipinski definition) is 5. The summed E-state index contributed by atoms with van der Waals surface area (Å²) in [7, 11) is 1.54. The summed E-state index contributed by atoms with van der Waals surface area (Å²) in [5.74, 6) is -1.30. The molecule has 0 unspecified atom stereocenters. The summed E-state index contributed by atoms with van der Waals surface area (Å²) in [6, 6.07) is 11.4. The number of amides is 3. The minimum Gasteiger partial charge on any atom is -0.496 e. The Labute approximate surface area is 180 Å². The Kier molecular flexibility index (Phi) is 7.46. The van der Waals surface area contributed by atoms with E-state index in [1.54, 1.807) is 30.6 Å². The van der Waals surface area contributed by atoms with E-state index in [0.29, 0.717) is 12.3 Å². The zero-order valence-corrected chi connectivity index (χ0v) is 17.8. The summed E-state index contributed by atoms with van der Waals surface area (Å²) in [4.78, 5) is 37.5. The topological polar surface area (TPSA) is 96.5 Å². The molecule has 1 saturated carbocycles. The maximum atomic E-state index is 12.2. The van der Waals surface area contributed by atoms with Gasteiger partial charge in [-0.15, -0.1) is 11.3 Å². The molecule has 2 aromatic rings. The molecule has 3 amide bonds. The van der Waals surface area contributed by atoms with E-state index in [2.05, 4.69) is 27.4 Å². The van der Waals surface area contributed by atoms with Crippen LogP contribution in [0.2, 0.25) is 0 Å². The molecule has 0 radical (unpaired) electrons. The summed E-state index contributed by atoms with van der Waals surface area (Å²) in [5, 5.41) is 9.90. The molecular weight excluding hydrogens is 402 g/mol. The number of nitrogens with one attached hydrogen (secondary N) is 3. The summed E-state index contributed by atoms with van der Waals surface area (Å²) in [6.45, 7) is 0.468. The normalized spacial score (nSPS) is 14.7. The average molecular weight is 430 g/mol. The molecule has 0 spiro atoms. The zero-order valence-electron chi connectivity index (χ0n) is 17.0. The molecule has 1 aliphatic rings. The maximum absolute atomic E-state index is 12.2. The number of methoxy groups -OCH3 is 1. The molecule has 0 aliphatic heterocycles. The quantitative estimate of drug-likeness (QED) is 0.560. The summed E-state index contributed by atoms with van der Waals surface area (Å²) in [5.41, 5.74) is 0.745. The number of para-hydroxylation sites is 1. The Morgan fingerprint density at radius 1 is 1.00 bits per heavy atom. The fourth-order valence-electron chi connectivity index (χ4n) is 3.82. The van der Waals surface area contributed by atoms with Crippen molar-refractivity contribution in [3.8, 4) is 5.75 Å². The fourth-order valence-corrected chi connectivity index (χ4v) is 4.81. The van der Waals surface area contributed by atoms with Crippen molar-refractivity contribution in [1.82, 2.24) is 16.0 Å². The van der Waals surface area contributed by atoms with Crippen molar-refractivity contribution in [2.45, 2.75) is 37.6 Å². The van der Waals surface area contributed by atoms with E-state index in [4.69, 9.17) is 4.74 Å². The maximum Gasteiger partial charge on any atom is 0.309 e. The average Bonchev–Trinajstić information content (AvgIpc) is 3.47. The Morgan fingerprint density at radius 3 is 2.43 bits per heavy atom. The van der Waals surface area contributed by atoms with E-state index in [1.807, 2.05) is 18.2 Å². The molecule has 0 saturated heterocycles. The molecule has 0 atom stereocenters. The molecule has 1 aromatic heterocycles. The third-order valence-electron chi connectivity index (χ3n) is 5.48. The predicted molar refractivity (Wildman–Crippen MR) is 115 cm³/mol. The van der Waals surface area contributed by atoms with Crippen LogP contribution in [0.1, 0.15) is 36.1 Å². The van der Waals surface area contributed by atoms with Gasteiger partial charge in [0.15, 0.2) is 0 Å². The monoisotopic (exact) mass is 429 g/mol. The van der Waals surface area contributed by atoms with Gasteiger partial charge in [-0.2, -0.15) is 0 Å². The predicted octanol–water partition coefficient (Wildman–Crippen LogP) is 2.12. The van der Waals surface area contributed by atoms with Crippen molar-refractivity contribution in [3.63, 3.8) is 0 Å². The van der Waals surface area contributed by atoms with Gasteiger partial charge in [0, 0.05) is 28.9 Å². The second-order valence-electron chi connectivity index (χ2n) is 7.42. The van der Waals surface area contributed by atoms with E-state index in [1.165, 1.54) is 4.88 Å². The molecule has 1 aliphatic carbocycles. The van der Waals surface area contributed by atoms with E-state index in [0.717, 1.165) is 31.2 Å². The van der Waals surface area contributed by atoms with Crippen LogP contribution in [0.15, 0.2) is 41.8 Å². The highest BCUT2D eigenvalue weighted by Gasteiger charge is 2.36. The standard InChI is InChI=1S/C22H27N3O4S/c1-29-17-8-3-2-7-16(17)13-23-20(27)21(28)24-14-19(26)25-15-22(10-4-5-11-22)18-9-6-12-30-18/h2-3,6-9,12H,4-5,10-11,13-15H2,1H3,(H,23,27)(H,24,28)(H,25,26). The first kappa shape index (κ1) is 21.8. The molecule has 7 nitrogen and oxygen atoms in total. The third-order valence-corrected chi connectivity index (χ3v) is 6.59. The Hall–Kier alpha value is -2.87. The molecule has 1 aromatic carbocycles. The number of rotatable bonds is 8. The highest BCUT2D eigenvalue weighted by atomic mass is 32.1. The molecular formula is C22H27N3O4S. The van der Waals surface area contributed by atoms with Crippen LogP contribution < -0.4 is 20.7 Å². The van der Waals surface area contributed by atoms with Crippen LogP contribution in [0.25, 0.3) is 0 Å². The first-order valence-corrected chi connectivity index (χ1v) is 10.9. The van der Waals surface area contributed by atoms with E-state index in [9.17, 15) is 14.4 Å². The van der Waals surface area contributed by atoms with Gasteiger partial charge < -0.3 is 20.7 Å². The second kappa shape index (κ2) is 10.2. The van der Waals surface area contributed by atoms with Gasteiger partial charge in [0.1, 0.15) is 5.75 Å². The second-order valence-corrected chi connectivity index (χ2v) is 8.37.